The number of benzene rings is 1. The first kappa shape index (κ1) is 11.4. The second kappa shape index (κ2) is 5.25. The highest BCUT2D eigenvalue weighted by molar-refractivity contribution is 9.10. The zero-order chi connectivity index (χ0) is 10.6. The lowest BCUT2D eigenvalue weighted by Crippen LogP contribution is -1.99. The number of unbranched alkanes of at least 4 members (excludes halogenated alkanes) is 1. The molecule has 0 heterocycles. The van der Waals surface area contributed by atoms with Crippen molar-refractivity contribution in [2.75, 3.05) is 0 Å². The van der Waals surface area contributed by atoms with Crippen LogP contribution in [-0.2, 0) is 0 Å². The van der Waals surface area contributed by atoms with Crippen molar-refractivity contribution in [2.24, 2.45) is 0 Å². The summed E-state index contributed by atoms with van der Waals surface area (Å²) in [6.07, 6.45) is 2.32. The molecule has 1 aromatic carbocycles. The van der Waals surface area contributed by atoms with Gasteiger partial charge < -0.3 is 0 Å². The van der Waals surface area contributed by atoms with Crippen LogP contribution in [0.4, 0.5) is 4.39 Å². The Morgan fingerprint density at radius 1 is 1.43 bits per heavy atom. The molecule has 0 atom stereocenters. The number of rotatable bonds is 4. The van der Waals surface area contributed by atoms with Crippen molar-refractivity contribution in [2.45, 2.75) is 26.2 Å². The quantitative estimate of drug-likeness (QED) is 0.748. The van der Waals surface area contributed by atoms with Gasteiger partial charge in [0.2, 0.25) is 0 Å². The van der Waals surface area contributed by atoms with Gasteiger partial charge in [-0.3, -0.25) is 4.79 Å². The number of carbonyl (C=O) groups excluding carboxylic acids is 1. The van der Waals surface area contributed by atoms with Gasteiger partial charge in [0.15, 0.2) is 5.78 Å². The molecule has 3 heteroatoms. The number of carbonyl (C=O) groups is 1. The standard InChI is InChI=1S/C11H12BrFO/c1-2-3-4-11(14)8-5-9(12)7-10(13)6-8/h5-7H,2-4H2,1H3. The molecule has 0 N–H and O–H groups in total. The van der Waals surface area contributed by atoms with E-state index in [1.54, 1.807) is 6.07 Å². The third-order valence-corrected chi connectivity index (χ3v) is 2.40. The highest BCUT2D eigenvalue weighted by atomic mass is 79.9. The number of halogens is 2. The minimum Gasteiger partial charge on any atom is -0.294 e. The molecule has 0 aliphatic rings. The average molecular weight is 259 g/mol. The minimum absolute atomic E-state index is 0.00653. The molecule has 0 bridgehead atoms. The molecular formula is C11H12BrFO. The Hall–Kier alpha value is -0.700. The lowest BCUT2D eigenvalue weighted by atomic mass is 10.1. The second-order valence-electron chi connectivity index (χ2n) is 3.18. The molecule has 0 spiro atoms. The van der Waals surface area contributed by atoms with Crippen molar-refractivity contribution in [3.8, 4) is 0 Å². The third-order valence-electron chi connectivity index (χ3n) is 1.94. The molecule has 1 rings (SSSR count). The van der Waals surface area contributed by atoms with E-state index in [2.05, 4.69) is 15.9 Å². The summed E-state index contributed by atoms with van der Waals surface area (Å²) in [5.74, 6) is -0.369. The molecule has 0 fully saturated rings. The summed E-state index contributed by atoms with van der Waals surface area (Å²) in [7, 11) is 0. The van der Waals surface area contributed by atoms with Crippen molar-refractivity contribution in [1.29, 1.82) is 0 Å². The fourth-order valence-corrected chi connectivity index (χ4v) is 1.66. The van der Waals surface area contributed by atoms with E-state index >= 15 is 0 Å². The van der Waals surface area contributed by atoms with Crippen LogP contribution >= 0.6 is 15.9 Å². The van der Waals surface area contributed by atoms with Gasteiger partial charge in [0.05, 0.1) is 0 Å². The lowest BCUT2D eigenvalue weighted by molar-refractivity contribution is 0.0979. The van der Waals surface area contributed by atoms with Gasteiger partial charge in [0, 0.05) is 16.5 Å². The van der Waals surface area contributed by atoms with Crippen molar-refractivity contribution in [1.82, 2.24) is 0 Å². The summed E-state index contributed by atoms with van der Waals surface area (Å²) >= 11 is 3.16. The number of Topliss-reactive ketones (excluding diaryl/α,β-unsaturated/α-hetero) is 1. The number of hydrogen-bond acceptors (Lipinski definition) is 1. The van der Waals surface area contributed by atoms with E-state index in [-0.39, 0.29) is 11.6 Å². The Balaban J connectivity index is 2.79. The molecule has 76 valence electrons. The zero-order valence-electron chi connectivity index (χ0n) is 8.02. The van der Waals surface area contributed by atoms with Crippen LogP contribution in [0.3, 0.4) is 0 Å². The molecule has 0 aromatic heterocycles. The number of ketones is 1. The normalized spacial score (nSPS) is 10.2. The molecule has 0 saturated heterocycles. The molecular weight excluding hydrogens is 247 g/mol. The molecule has 0 amide bonds. The zero-order valence-corrected chi connectivity index (χ0v) is 9.60. The first-order valence-corrected chi connectivity index (χ1v) is 5.42. The van der Waals surface area contributed by atoms with E-state index in [1.807, 2.05) is 6.92 Å². The number of hydrogen-bond donors (Lipinski definition) is 0. The van der Waals surface area contributed by atoms with Gasteiger partial charge in [0.1, 0.15) is 5.82 Å². The smallest absolute Gasteiger partial charge is 0.163 e. The van der Waals surface area contributed by atoms with E-state index < -0.39 is 0 Å². The van der Waals surface area contributed by atoms with Gasteiger partial charge in [-0.1, -0.05) is 29.3 Å². The topological polar surface area (TPSA) is 17.1 Å². The van der Waals surface area contributed by atoms with Crippen molar-refractivity contribution in [3.63, 3.8) is 0 Å². The summed E-state index contributed by atoms with van der Waals surface area (Å²) in [5.41, 5.74) is 0.449. The molecule has 1 nitrogen and oxygen atoms in total. The third kappa shape index (κ3) is 3.22. The molecule has 0 saturated carbocycles. The maximum absolute atomic E-state index is 12.9. The maximum Gasteiger partial charge on any atom is 0.163 e. The summed E-state index contributed by atoms with van der Waals surface area (Å²) < 4.78 is 13.5. The van der Waals surface area contributed by atoms with Gasteiger partial charge in [0.25, 0.3) is 0 Å². The molecule has 0 radical (unpaired) electrons. The SMILES string of the molecule is CCCCC(=O)c1cc(F)cc(Br)c1. The van der Waals surface area contributed by atoms with Crippen LogP contribution in [-0.4, -0.2) is 5.78 Å². The van der Waals surface area contributed by atoms with Crippen molar-refractivity contribution >= 4 is 21.7 Å². The van der Waals surface area contributed by atoms with Crippen LogP contribution in [0.5, 0.6) is 0 Å². The monoisotopic (exact) mass is 258 g/mol. The van der Waals surface area contributed by atoms with Crippen molar-refractivity contribution < 1.29 is 9.18 Å². The van der Waals surface area contributed by atoms with E-state index in [1.165, 1.54) is 12.1 Å². The Labute approximate surface area is 91.5 Å². The summed E-state index contributed by atoms with van der Waals surface area (Å²) in [6.45, 7) is 2.02. The van der Waals surface area contributed by atoms with Gasteiger partial charge in [-0.25, -0.2) is 4.39 Å². The van der Waals surface area contributed by atoms with Crippen molar-refractivity contribution in [3.05, 3.63) is 34.1 Å². The largest absolute Gasteiger partial charge is 0.294 e. The summed E-state index contributed by atoms with van der Waals surface area (Å²) in [6, 6.07) is 4.28. The lowest BCUT2D eigenvalue weighted by Gasteiger charge is -2.01. The van der Waals surface area contributed by atoms with E-state index in [0.29, 0.717) is 16.5 Å². The Morgan fingerprint density at radius 3 is 2.71 bits per heavy atom. The van der Waals surface area contributed by atoms with Crippen LogP contribution in [0, 0.1) is 5.82 Å². The molecule has 0 aliphatic carbocycles. The Bertz CT molecular complexity index is 316. The van der Waals surface area contributed by atoms with Crippen LogP contribution in [0.25, 0.3) is 0 Å². The van der Waals surface area contributed by atoms with Gasteiger partial charge in [-0.05, 0) is 24.6 Å². The molecule has 1 aromatic rings. The highest BCUT2D eigenvalue weighted by Gasteiger charge is 2.07. The van der Waals surface area contributed by atoms with Gasteiger partial charge in [-0.2, -0.15) is 0 Å². The Morgan fingerprint density at radius 2 is 2.14 bits per heavy atom. The fourth-order valence-electron chi connectivity index (χ4n) is 1.20. The van der Waals surface area contributed by atoms with Crippen LogP contribution in [0.1, 0.15) is 36.5 Å². The minimum atomic E-state index is -0.376. The maximum atomic E-state index is 12.9. The molecule has 0 unspecified atom stereocenters. The first-order chi connectivity index (χ1) is 6.63. The highest BCUT2D eigenvalue weighted by Crippen LogP contribution is 2.16. The predicted octanol–water partition coefficient (Wildman–Crippen LogP) is 3.96. The molecule has 0 aliphatic heterocycles. The first-order valence-electron chi connectivity index (χ1n) is 4.62. The van der Waals surface area contributed by atoms with E-state index in [0.717, 1.165) is 12.8 Å². The summed E-state index contributed by atoms with van der Waals surface area (Å²) in [5, 5.41) is 0. The van der Waals surface area contributed by atoms with Crippen LogP contribution < -0.4 is 0 Å². The van der Waals surface area contributed by atoms with Gasteiger partial charge >= 0.3 is 0 Å². The second-order valence-corrected chi connectivity index (χ2v) is 4.10. The molecule has 14 heavy (non-hydrogen) atoms. The Kier molecular flexibility index (Phi) is 4.26. The summed E-state index contributed by atoms with van der Waals surface area (Å²) in [4.78, 5) is 11.5. The fraction of sp³-hybridized carbons (Fsp3) is 0.364. The van der Waals surface area contributed by atoms with E-state index in [9.17, 15) is 9.18 Å². The predicted molar refractivity (Wildman–Crippen MR) is 58.0 cm³/mol. The van der Waals surface area contributed by atoms with Crippen LogP contribution in [0.15, 0.2) is 22.7 Å². The van der Waals surface area contributed by atoms with Crippen LogP contribution in [0.2, 0.25) is 0 Å². The average Bonchev–Trinajstić information content (AvgIpc) is 2.12. The van der Waals surface area contributed by atoms with E-state index in [4.69, 9.17) is 0 Å². The van der Waals surface area contributed by atoms with Gasteiger partial charge in [-0.15, -0.1) is 0 Å².